The van der Waals surface area contributed by atoms with Crippen molar-refractivity contribution in [2.75, 3.05) is 7.05 Å². The van der Waals surface area contributed by atoms with E-state index in [1.54, 1.807) is 32.2 Å². The topological polar surface area (TPSA) is 57.6 Å². The lowest BCUT2D eigenvalue weighted by Crippen LogP contribution is -2.36. The molecule has 0 saturated heterocycles. The molecular weight excluding hydrogens is 262 g/mol. The summed E-state index contributed by atoms with van der Waals surface area (Å²) in [6.07, 6.45) is 1.57. The van der Waals surface area contributed by atoms with E-state index in [1.807, 2.05) is 13.8 Å². The van der Waals surface area contributed by atoms with Gasteiger partial charge in [0.1, 0.15) is 0 Å². The zero-order chi connectivity index (χ0) is 14.6. The lowest BCUT2D eigenvalue weighted by molar-refractivity contribution is 0.281. The number of hydrogen-bond donors (Lipinski definition) is 1. The molecule has 1 aromatic carbocycles. The van der Waals surface area contributed by atoms with Gasteiger partial charge in [0.25, 0.3) is 0 Å². The van der Waals surface area contributed by atoms with Crippen LogP contribution in [0.25, 0.3) is 0 Å². The van der Waals surface area contributed by atoms with E-state index in [1.165, 1.54) is 4.31 Å². The fourth-order valence-electron chi connectivity index (χ4n) is 2.18. The van der Waals surface area contributed by atoms with Gasteiger partial charge in [-0.3, -0.25) is 0 Å². The number of nitrogens with zero attached hydrogens (tertiary/aromatic N) is 1. The second-order valence-electron chi connectivity index (χ2n) is 4.75. The molecule has 0 fully saturated rings. The summed E-state index contributed by atoms with van der Waals surface area (Å²) in [5, 5.41) is 9.15. The van der Waals surface area contributed by atoms with E-state index in [9.17, 15) is 8.42 Å². The Labute approximate surface area is 116 Å². The Kier molecular flexibility index (Phi) is 5.52. The number of aryl methyl sites for hydroxylation is 1. The van der Waals surface area contributed by atoms with E-state index in [0.717, 1.165) is 12.8 Å². The van der Waals surface area contributed by atoms with Gasteiger partial charge in [-0.1, -0.05) is 26.0 Å². The Morgan fingerprint density at radius 3 is 2.32 bits per heavy atom. The number of hydrogen-bond acceptors (Lipinski definition) is 3. The molecule has 1 aromatic rings. The van der Waals surface area contributed by atoms with E-state index in [-0.39, 0.29) is 17.5 Å². The molecule has 5 heteroatoms. The quantitative estimate of drug-likeness (QED) is 0.872. The number of rotatable bonds is 6. The molecule has 0 aliphatic heterocycles. The number of benzene rings is 1. The highest BCUT2D eigenvalue weighted by molar-refractivity contribution is 7.89. The molecule has 4 nitrogen and oxygen atoms in total. The van der Waals surface area contributed by atoms with Crippen LogP contribution in [0.15, 0.2) is 23.1 Å². The largest absolute Gasteiger partial charge is 0.392 e. The molecule has 1 rings (SSSR count). The van der Waals surface area contributed by atoms with Crippen molar-refractivity contribution in [3.8, 4) is 0 Å². The van der Waals surface area contributed by atoms with E-state index in [2.05, 4.69) is 0 Å². The van der Waals surface area contributed by atoms with Gasteiger partial charge in [0.05, 0.1) is 11.5 Å². The molecule has 19 heavy (non-hydrogen) atoms. The Bertz CT molecular complexity index is 521. The van der Waals surface area contributed by atoms with Gasteiger partial charge in [-0.05, 0) is 37.0 Å². The van der Waals surface area contributed by atoms with Crippen LogP contribution in [0, 0.1) is 6.92 Å². The molecule has 0 spiro atoms. The van der Waals surface area contributed by atoms with Crippen molar-refractivity contribution in [3.05, 3.63) is 29.3 Å². The maximum atomic E-state index is 12.6. The molecular formula is C14H23NO3S. The van der Waals surface area contributed by atoms with Crippen LogP contribution in [-0.4, -0.2) is 30.9 Å². The van der Waals surface area contributed by atoms with Crippen LogP contribution in [0.5, 0.6) is 0 Å². The minimum Gasteiger partial charge on any atom is -0.392 e. The Morgan fingerprint density at radius 1 is 1.26 bits per heavy atom. The van der Waals surface area contributed by atoms with Gasteiger partial charge in [-0.25, -0.2) is 8.42 Å². The second-order valence-corrected chi connectivity index (χ2v) is 6.72. The number of aliphatic hydroxyl groups is 1. The van der Waals surface area contributed by atoms with E-state index < -0.39 is 10.0 Å². The zero-order valence-electron chi connectivity index (χ0n) is 12.0. The molecule has 0 aliphatic rings. The summed E-state index contributed by atoms with van der Waals surface area (Å²) in [5.74, 6) is 0. The molecule has 0 bridgehead atoms. The zero-order valence-corrected chi connectivity index (χ0v) is 12.9. The van der Waals surface area contributed by atoms with Crippen molar-refractivity contribution in [2.24, 2.45) is 0 Å². The first kappa shape index (κ1) is 16.1. The van der Waals surface area contributed by atoms with Crippen LogP contribution >= 0.6 is 0 Å². The van der Waals surface area contributed by atoms with Crippen molar-refractivity contribution < 1.29 is 13.5 Å². The highest BCUT2D eigenvalue weighted by Crippen LogP contribution is 2.23. The predicted molar refractivity (Wildman–Crippen MR) is 76.4 cm³/mol. The summed E-state index contributed by atoms with van der Waals surface area (Å²) in [7, 11) is -1.88. The summed E-state index contributed by atoms with van der Waals surface area (Å²) in [5.41, 5.74) is 1.32. The molecule has 108 valence electrons. The Hall–Kier alpha value is -0.910. The number of aliphatic hydroxyl groups excluding tert-OH is 1. The van der Waals surface area contributed by atoms with Crippen molar-refractivity contribution in [2.45, 2.75) is 51.2 Å². The fourth-order valence-corrected chi connectivity index (χ4v) is 3.95. The van der Waals surface area contributed by atoms with Crippen LogP contribution in [-0.2, 0) is 16.6 Å². The maximum Gasteiger partial charge on any atom is 0.243 e. The SMILES string of the molecule is CCC(CC)N(C)S(=O)(=O)c1cc(CO)ccc1C. The third kappa shape index (κ3) is 3.35. The average molecular weight is 285 g/mol. The van der Waals surface area contributed by atoms with Gasteiger partial charge in [0.15, 0.2) is 0 Å². The molecule has 0 atom stereocenters. The molecule has 0 saturated carbocycles. The van der Waals surface area contributed by atoms with Gasteiger partial charge in [-0.15, -0.1) is 0 Å². The van der Waals surface area contributed by atoms with E-state index in [4.69, 9.17) is 5.11 Å². The normalized spacial score (nSPS) is 12.4. The van der Waals surface area contributed by atoms with Gasteiger partial charge in [0.2, 0.25) is 10.0 Å². The number of sulfonamides is 1. The minimum absolute atomic E-state index is 0.00202. The smallest absolute Gasteiger partial charge is 0.243 e. The Balaban J connectivity index is 3.26. The Morgan fingerprint density at radius 2 is 1.84 bits per heavy atom. The summed E-state index contributed by atoms with van der Waals surface area (Å²) >= 11 is 0. The van der Waals surface area contributed by atoms with Crippen molar-refractivity contribution in [3.63, 3.8) is 0 Å². The molecule has 0 aliphatic carbocycles. The van der Waals surface area contributed by atoms with Gasteiger partial charge in [-0.2, -0.15) is 4.31 Å². The predicted octanol–water partition coefficient (Wildman–Crippen LogP) is 2.30. The summed E-state index contributed by atoms with van der Waals surface area (Å²) < 4.78 is 26.7. The first-order chi connectivity index (χ1) is 8.88. The molecule has 0 heterocycles. The summed E-state index contributed by atoms with van der Waals surface area (Å²) in [6, 6.07) is 5.04. The second kappa shape index (κ2) is 6.50. The van der Waals surface area contributed by atoms with Crippen molar-refractivity contribution in [1.29, 1.82) is 0 Å². The van der Waals surface area contributed by atoms with Crippen LogP contribution < -0.4 is 0 Å². The minimum atomic E-state index is -3.50. The third-order valence-corrected chi connectivity index (χ3v) is 5.60. The van der Waals surface area contributed by atoms with Crippen LogP contribution in [0.4, 0.5) is 0 Å². The summed E-state index contributed by atoms with van der Waals surface area (Å²) in [6.45, 7) is 5.58. The highest BCUT2D eigenvalue weighted by Gasteiger charge is 2.27. The van der Waals surface area contributed by atoms with Gasteiger partial charge in [0, 0.05) is 13.1 Å². The molecule has 0 unspecified atom stereocenters. The molecule has 1 N–H and O–H groups in total. The lowest BCUT2D eigenvalue weighted by Gasteiger charge is -2.26. The van der Waals surface area contributed by atoms with Crippen molar-refractivity contribution in [1.82, 2.24) is 4.31 Å². The van der Waals surface area contributed by atoms with Gasteiger partial charge < -0.3 is 5.11 Å². The van der Waals surface area contributed by atoms with Crippen LogP contribution in [0.1, 0.15) is 37.8 Å². The van der Waals surface area contributed by atoms with Crippen molar-refractivity contribution >= 4 is 10.0 Å². The first-order valence-electron chi connectivity index (χ1n) is 6.56. The molecule has 0 aromatic heterocycles. The maximum absolute atomic E-state index is 12.6. The van der Waals surface area contributed by atoms with Crippen LogP contribution in [0.2, 0.25) is 0 Å². The highest BCUT2D eigenvalue weighted by atomic mass is 32.2. The monoisotopic (exact) mass is 285 g/mol. The lowest BCUT2D eigenvalue weighted by atomic mass is 10.2. The first-order valence-corrected chi connectivity index (χ1v) is 8.00. The fraction of sp³-hybridized carbons (Fsp3) is 0.571. The summed E-state index contributed by atoms with van der Waals surface area (Å²) in [4.78, 5) is 0.286. The molecule has 0 radical (unpaired) electrons. The van der Waals surface area contributed by atoms with Gasteiger partial charge >= 0.3 is 0 Å². The van der Waals surface area contributed by atoms with E-state index in [0.29, 0.717) is 11.1 Å². The van der Waals surface area contributed by atoms with E-state index >= 15 is 0 Å². The third-order valence-electron chi connectivity index (χ3n) is 3.55. The van der Waals surface area contributed by atoms with Crippen LogP contribution in [0.3, 0.4) is 0 Å². The average Bonchev–Trinajstić information content (AvgIpc) is 2.40. The molecule has 0 amide bonds. The standard InChI is InChI=1S/C14H23NO3S/c1-5-13(6-2)15(4)19(17,18)14-9-12(10-16)8-7-11(14)3/h7-9,13,16H,5-6,10H2,1-4H3.